The van der Waals surface area contributed by atoms with Gasteiger partial charge in [-0.1, -0.05) is 6.92 Å². The van der Waals surface area contributed by atoms with Crippen molar-refractivity contribution in [3.8, 4) is 0 Å². The minimum Gasteiger partial charge on any atom is -0.377 e. The molecule has 0 aromatic rings. The Balaban J connectivity index is 1.63. The van der Waals surface area contributed by atoms with Gasteiger partial charge in [0.2, 0.25) is 5.91 Å². The van der Waals surface area contributed by atoms with Crippen LogP contribution in [0, 0.1) is 11.8 Å². The van der Waals surface area contributed by atoms with E-state index in [1.54, 1.807) is 0 Å². The number of hydrogen-bond donors (Lipinski definition) is 1. The molecule has 0 aromatic carbocycles. The van der Waals surface area contributed by atoms with Crippen molar-refractivity contribution in [2.75, 3.05) is 26.2 Å². The number of fused-ring (bicyclic) bond motifs is 1. The van der Waals surface area contributed by atoms with Gasteiger partial charge in [-0.15, -0.1) is 0 Å². The Morgan fingerprint density at radius 3 is 3.06 bits per heavy atom. The van der Waals surface area contributed by atoms with Crippen molar-refractivity contribution < 1.29 is 9.53 Å². The lowest BCUT2D eigenvalue weighted by molar-refractivity contribution is -0.136. The van der Waals surface area contributed by atoms with E-state index in [9.17, 15) is 4.79 Å². The highest BCUT2D eigenvalue weighted by molar-refractivity contribution is 5.80. The van der Waals surface area contributed by atoms with Crippen molar-refractivity contribution in [2.24, 2.45) is 11.8 Å². The van der Waals surface area contributed by atoms with Crippen molar-refractivity contribution in [2.45, 2.75) is 38.3 Å². The Bertz CT molecular complexity index is 296. The Kier molecular flexibility index (Phi) is 3.09. The number of rotatable bonds is 2. The lowest BCUT2D eigenvalue weighted by Gasteiger charge is -2.24. The van der Waals surface area contributed by atoms with Gasteiger partial charge in [-0.05, 0) is 31.7 Å². The summed E-state index contributed by atoms with van der Waals surface area (Å²) >= 11 is 0. The SMILES string of the molecule is CCC1OCCC1C(=O)N1C[C@@H]2CCN[C@@H]2C1. The topological polar surface area (TPSA) is 41.6 Å². The summed E-state index contributed by atoms with van der Waals surface area (Å²) in [5, 5.41) is 3.49. The lowest BCUT2D eigenvalue weighted by Crippen LogP contribution is -2.40. The van der Waals surface area contributed by atoms with E-state index in [0.29, 0.717) is 17.9 Å². The number of carbonyl (C=O) groups excluding carboxylic acids is 1. The molecule has 3 fully saturated rings. The molecule has 0 aliphatic carbocycles. The third kappa shape index (κ3) is 1.97. The Morgan fingerprint density at radius 2 is 2.29 bits per heavy atom. The van der Waals surface area contributed by atoms with E-state index in [-0.39, 0.29) is 12.0 Å². The second kappa shape index (κ2) is 4.58. The highest BCUT2D eigenvalue weighted by Crippen LogP contribution is 2.30. The summed E-state index contributed by atoms with van der Waals surface area (Å²) < 4.78 is 5.63. The molecule has 3 heterocycles. The predicted molar refractivity (Wildman–Crippen MR) is 64.6 cm³/mol. The summed E-state index contributed by atoms with van der Waals surface area (Å²) in [6.45, 7) is 5.87. The van der Waals surface area contributed by atoms with Crippen LogP contribution in [0.1, 0.15) is 26.2 Å². The van der Waals surface area contributed by atoms with E-state index in [2.05, 4.69) is 17.1 Å². The van der Waals surface area contributed by atoms with Crippen molar-refractivity contribution in [1.29, 1.82) is 0 Å². The molecule has 4 nitrogen and oxygen atoms in total. The van der Waals surface area contributed by atoms with Gasteiger partial charge in [-0.3, -0.25) is 4.79 Å². The molecule has 2 unspecified atom stereocenters. The van der Waals surface area contributed by atoms with Crippen LogP contribution in [-0.2, 0) is 9.53 Å². The zero-order chi connectivity index (χ0) is 11.8. The van der Waals surface area contributed by atoms with Crippen LogP contribution in [0.15, 0.2) is 0 Å². The number of amides is 1. The summed E-state index contributed by atoms with van der Waals surface area (Å²) in [7, 11) is 0. The van der Waals surface area contributed by atoms with E-state index >= 15 is 0 Å². The van der Waals surface area contributed by atoms with Crippen LogP contribution in [0.4, 0.5) is 0 Å². The first-order chi connectivity index (χ1) is 8.29. The Hall–Kier alpha value is -0.610. The largest absolute Gasteiger partial charge is 0.377 e. The summed E-state index contributed by atoms with van der Waals surface area (Å²) in [5.74, 6) is 1.16. The molecule has 0 spiro atoms. The van der Waals surface area contributed by atoms with Crippen molar-refractivity contribution >= 4 is 5.91 Å². The van der Waals surface area contributed by atoms with Crippen LogP contribution < -0.4 is 5.32 Å². The van der Waals surface area contributed by atoms with E-state index in [4.69, 9.17) is 4.74 Å². The number of hydrogen-bond acceptors (Lipinski definition) is 3. The first kappa shape index (κ1) is 11.5. The van der Waals surface area contributed by atoms with E-state index in [0.717, 1.165) is 39.1 Å². The van der Waals surface area contributed by atoms with Gasteiger partial charge in [0.25, 0.3) is 0 Å². The van der Waals surface area contributed by atoms with E-state index in [1.807, 2.05) is 0 Å². The Morgan fingerprint density at radius 1 is 1.41 bits per heavy atom. The zero-order valence-corrected chi connectivity index (χ0v) is 10.5. The molecule has 1 N–H and O–H groups in total. The predicted octanol–water partition coefficient (Wildman–Crippen LogP) is 0.622. The van der Waals surface area contributed by atoms with Gasteiger partial charge in [-0.2, -0.15) is 0 Å². The minimum atomic E-state index is 0.124. The van der Waals surface area contributed by atoms with Crippen LogP contribution in [-0.4, -0.2) is 49.2 Å². The third-order valence-corrected chi connectivity index (χ3v) is 4.60. The van der Waals surface area contributed by atoms with Crippen LogP contribution in [0.5, 0.6) is 0 Å². The maximum absolute atomic E-state index is 12.5. The van der Waals surface area contributed by atoms with Crippen LogP contribution in [0.2, 0.25) is 0 Å². The fourth-order valence-corrected chi connectivity index (χ4v) is 3.60. The fourth-order valence-electron chi connectivity index (χ4n) is 3.60. The molecule has 3 rings (SSSR count). The summed E-state index contributed by atoms with van der Waals surface area (Å²) in [5.41, 5.74) is 0. The zero-order valence-electron chi connectivity index (χ0n) is 10.5. The Labute approximate surface area is 103 Å². The summed E-state index contributed by atoms with van der Waals surface area (Å²) in [6.07, 6.45) is 3.26. The van der Waals surface area contributed by atoms with Gasteiger partial charge in [0.15, 0.2) is 0 Å². The molecular formula is C13H22N2O2. The number of nitrogens with one attached hydrogen (secondary N) is 1. The van der Waals surface area contributed by atoms with Gasteiger partial charge in [0.1, 0.15) is 0 Å². The molecule has 0 bridgehead atoms. The fraction of sp³-hybridized carbons (Fsp3) is 0.923. The molecule has 96 valence electrons. The molecule has 3 saturated heterocycles. The highest BCUT2D eigenvalue weighted by atomic mass is 16.5. The number of ether oxygens (including phenoxy) is 1. The molecule has 1 amide bonds. The molecule has 0 radical (unpaired) electrons. The van der Waals surface area contributed by atoms with Gasteiger partial charge >= 0.3 is 0 Å². The maximum atomic E-state index is 12.5. The summed E-state index contributed by atoms with van der Waals surface area (Å²) in [6, 6.07) is 0.557. The molecule has 4 atom stereocenters. The quantitative estimate of drug-likeness (QED) is 0.767. The van der Waals surface area contributed by atoms with Gasteiger partial charge in [0.05, 0.1) is 12.0 Å². The average molecular weight is 238 g/mol. The first-order valence-corrected chi connectivity index (χ1v) is 6.93. The monoisotopic (exact) mass is 238 g/mol. The summed E-state index contributed by atoms with van der Waals surface area (Å²) in [4.78, 5) is 14.5. The second-order valence-electron chi connectivity index (χ2n) is 5.57. The molecule has 0 saturated carbocycles. The first-order valence-electron chi connectivity index (χ1n) is 6.93. The van der Waals surface area contributed by atoms with E-state index < -0.39 is 0 Å². The standard InChI is InChI=1S/C13H22N2O2/c1-2-12-10(4-6-17-12)13(16)15-7-9-3-5-14-11(9)8-15/h9-12,14H,2-8H2,1H3/t9-,10?,11+,12?/m0/s1. The smallest absolute Gasteiger partial charge is 0.228 e. The maximum Gasteiger partial charge on any atom is 0.228 e. The lowest BCUT2D eigenvalue weighted by atomic mass is 9.98. The van der Waals surface area contributed by atoms with Crippen LogP contribution >= 0.6 is 0 Å². The van der Waals surface area contributed by atoms with Crippen molar-refractivity contribution in [3.63, 3.8) is 0 Å². The van der Waals surface area contributed by atoms with Crippen LogP contribution in [0.3, 0.4) is 0 Å². The highest BCUT2D eigenvalue weighted by Gasteiger charge is 2.42. The molecule has 17 heavy (non-hydrogen) atoms. The number of likely N-dealkylation sites (tertiary alicyclic amines) is 1. The van der Waals surface area contributed by atoms with Gasteiger partial charge in [-0.25, -0.2) is 0 Å². The van der Waals surface area contributed by atoms with Crippen LogP contribution in [0.25, 0.3) is 0 Å². The van der Waals surface area contributed by atoms with Gasteiger partial charge < -0.3 is 15.0 Å². The molecule has 3 aliphatic heterocycles. The third-order valence-electron chi connectivity index (χ3n) is 4.60. The van der Waals surface area contributed by atoms with E-state index in [1.165, 1.54) is 6.42 Å². The van der Waals surface area contributed by atoms with Gasteiger partial charge in [0, 0.05) is 25.7 Å². The second-order valence-corrected chi connectivity index (χ2v) is 5.57. The number of nitrogens with zero attached hydrogens (tertiary/aromatic N) is 1. The normalized spacial score (nSPS) is 40.9. The van der Waals surface area contributed by atoms with Crippen molar-refractivity contribution in [1.82, 2.24) is 10.2 Å². The molecular weight excluding hydrogens is 216 g/mol. The molecule has 3 aliphatic rings. The minimum absolute atomic E-state index is 0.124. The molecule has 4 heteroatoms. The number of carbonyl (C=O) groups is 1. The van der Waals surface area contributed by atoms with Crippen molar-refractivity contribution in [3.05, 3.63) is 0 Å². The molecule has 0 aromatic heterocycles. The average Bonchev–Trinajstić information content (AvgIpc) is 3.02.